The fraction of sp³-hybridized carbons (Fsp3) is 0.417. The fourth-order valence-corrected chi connectivity index (χ4v) is 2.99. The topological polar surface area (TPSA) is 85.9 Å². The van der Waals surface area contributed by atoms with Crippen molar-refractivity contribution in [2.45, 2.75) is 39.2 Å². The van der Waals surface area contributed by atoms with Gasteiger partial charge in [0.2, 0.25) is 5.91 Å². The molecule has 0 aliphatic rings. The maximum atomic E-state index is 12.3. The summed E-state index contributed by atoms with van der Waals surface area (Å²) in [5.74, 6) is 1.37. The SMILES string of the molecule is CCCCCOc1ccc(C(C)NC(=O)CNC(=O)c2ccc(OC)cc2)cc1OC. The summed E-state index contributed by atoms with van der Waals surface area (Å²) >= 11 is 0. The summed E-state index contributed by atoms with van der Waals surface area (Å²) in [7, 11) is 3.15. The molecule has 0 heterocycles. The number of benzene rings is 2. The number of ether oxygens (including phenoxy) is 3. The van der Waals surface area contributed by atoms with Crippen LogP contribution in [0.4, 0.5) is 0 Å². The van der Waals surface area contributed by atoms with Crippen LogP contribution in [0.5, 0.6) is 17.2 Å². The van der Waals surface area contributed by atoms with Crippen molar-refractivity contribution in [3.63, 3.8) is 0 Å². The molecule has 0 bridgehead atoms. The minimum absolute atomic E-state index is 0.120. The lowest BCUT2D eigenvalue weighted by Gasteiger charge is -2.17. The Morgan fingerprint density at radius 3 is 2.35 bits per heavy atom. The second kappa shape index (κ2) is 12.5. The molecule has 2 amide bonds. The third-order valence-corrected chi connectivity index (χ3v) is 4.83. The quantitative estimate of drug-likeness (QED) is 0.501. The molecule has 0 fully saturated rings. The molecule has 0 spiro atoms. The molecule has 0 saturated heterocycles. The second-order valence-electron chi connectivity index (χ2n) is 7.17. The molecule has 1 unspecified atom stereocenters. The van der Waals surface area contributed by atoms with Gasteiger partial charge in [-0.3, -0.25) is 9.59 Å². The highest BCUT2D eigenvalue weighted by Crippen LogP contribution is 2.30. The van der Waals surface area contributed by atoms with Crippen molar-refractivity contribution in [3.8, 4) is 17.2 Å². The van der Waals surface area contributed by atoms with Crippen LogP contribution >= 0.6 is 0 Å². The largest absolute Gasteiger partial charge is 0.497 e. The van der Waals surface area contributed by atoms with Gasteiger partial charge < -0.3 is 24.8 Å². The molecule has 0 aliphatic heterocycles. The van der Waals surface area contributed by atoms with Crippen LogP contribution in [-0.2, 0) is 4.79 Å². The number of unbranched alkanes of at least 4 members (excludes halogenated alkanes) is 2. The number of hydrogen-bond donors (Lipinski definition) is 2. The first-order valence-electron chi connectivity index (χ1n) is 10.5. The number of carbonyl (C=O) groups excluding carboxylic acids is 2. The molecule has 0 aromatic heterocycles. The summed E-state index contributed by atoms with van der Waals surface area (Å²) in [4.78, 5) is 24.5. The molecule has 2 rings (SSSR count). The highest BCUT2D eigenvalue weighted by Gasteiger charge is 2.14. The molecular formula is C24H32N2O5. The maximum absolute atomic E-state index is 12.3. The summed E-state index contributed by atoms with van der Waals surface area (Å²) in [5, 5.41) is 5.50. The van der Waals surface area contributed by atoms with E-state index < -0.39 is 0 Å². The number of nitrogens with one attached hydrogen (secondary N) is 2. The van der Waals surface area contributed by atoms with E-state index in [9.17, 15) is 9.59 Å². The molecule has 7 heteroatoms. The predicted molar refractivity (Wildman–Crippen MR) is 120 cm³/mol. The summed E-state index contributed by atoms with van der Waals surface area (Å²) < 4.78 is 16.3. The van der Waals surface area contributed by atoms with Gasteiger partial charge in [-0.05, 0) is 55.3 Å². The highest BCUT2D eigenvalue weighted by molar-refractivity contribution is 5.96. The standard InChI is InChI=1S/C24H32N2O5/c1-5-6-7-14-31-21-13-10-19(15-22(21)30-4)17(2)26-23(27)16-25-24(28)18-8-11-20(29-3)12-9-18/h8-13,15,17H,5-7,14,16H2,1-4H3,(H,25,28)(H,26,27). The Labute approximate surface area is 184 Å². The van der Waals surface area contributed by atoms with Gasteiger partial charge in [-0.15, -0.1) is 0 Å². The van der Waals surface area contributed by atoms with Crippen LogP contribution in [0.25, 0.3) is 0 Å². The summed E-state index contributed by atoms with van der Waals surface area (Å²) in [5.41, 5.74) is 1.34. The average molecular weight is 429 g/mol. The van der Waals surface area contributed by atoms with Gasteiger partial charge in [-0.25, -0.2) is 0 Å². The normalized spacial score (nSPS) is 11.4. The Hall–Kier alpha value is -3.22. The molecule has 168 valence electrons. The Kier molecular flexibility index (Phi) is 9.68. The van der Waals surface area contributed by atoms with E-state index in [1.807, 2.05) is 25.1 Å². The van der Waals surface area contributed by atoms with Crippen LogP contribution in [0.1, 0.15) is 55.1 Å². The first-order chi connectivity index (χ1) is 15.0. The van der Waals surface area contributed by atoms with Crippen molar-refractivity contribution >= 4 is 11.8 Å². The van der Waals surface area contributed by atoms with Crippen LogP contribution < -0.4 is 24.8 Å². The van der Waals surface area contributed by atoms with E-state index in [-0.39, 0.29) is 24.4 Å². The first-order valence-corrected chi connectivity index (χ1v) is 10.5. The van der Waals surface area contributed by atoms with E-state index in [2.05, 4.69) is 17.6 Å². The molecule has 2 N–H and O–H groups in total. The van der Waals surface area contributed by atoms with Gasteiger partial charge in [0, 0.05) is 5.56 Å². The van der Waals surface area contributed by atoms with E-state index in [1.54, 1.807) is 38.5 Å². The second-order valence-corrected chi connectivity index (χ2v) is 7.17. The Morgan fingerprint density at radius 1 is 0.968 bits per heavy atom. The van der Waals surface area contributed by atoms with Gasteiger partial charge in [0.1, 0.15) is 5.75 Å². The van der Waals surface area contributed by atoms with Crippen LogP contribution in [0, 0.1) is 0 Å². The number of carbonyl (C=O) groups is 2. The van der Waals surface area contributed by atoms with E-state index in [4.69, 9.17) is 14.2 Å². The van der Waals surface area contributed by atoms with Crippen LogP contribution in [0.2, 0.25) is 0 Å². The molecule has 0 saturated carbocycles. The molecule has 7 nitrogen and oxygen atoms in total. The van der Waals surface area contributed by atoms with E-state index in [1.165, 1.54) is 0 Å². The zero-order valence-electron chi connectivity index (χ0n) is 18.7. The smallest absolute Gasteiger partial charge is 0.251 e. The first kappa shape index (κ1) is 24.1. The molecule has 31 heavy (non-hydrogen) atoms. The Bertz CT molecular complexity index is 852. The molecular weight excluding hydrogens is 396 g/mol. The molecule has 2 aromatic rings. The summed E-state index contributed by atoms with van der Waals surface area (Å²) in [6.45, 7) is 4.55. The van der Waals surface area contributed by atoms with Gasteiger partial charge in [-0.1, -0.05) is 25.8 Å². The minimum atomic E-state index is -0.322. The lowest BCUT2D eigenvalue weighted by Crippen LogP contribution is -2.38. The lowest BCUT2D eigenvalue weighted by atomic mass is 10.1. The number of methoxy groups -OCH3 is 2. The number of hydrogen-bond acceptors (Lipinski definition) is 5. The van der Waals surface area contributed by atoms with Gasteiger partial charge in [-0.2, -0.15) is 0 Å². The number of amides is 2. The van der Waals surface area contributed by atoms with Gasteiger partial charge in [0.15, 0.2) is 11.5 Å². The third-order valence-electron chi connectivity index (χ3n) is 4.83. The van der Waals surface area contributed by atoms with Crippen LogP contribution in [-0.4, -0.2) is 39.2 Å². The molecule has 1 atom stereocenters. The van der Waals surface area contributed by atoms with Gasteiger partial charge >= 0.3 is 0 Å². The molecule has 2 aromatic carbocycles. The molecule has 0 aliphatic carbocycles. The summed E-state index contributed by atoms with van der Waals surface area (Å²) in [6, 6.07) is 12.0. The highest BCUT2D eigenvalue weighted by atomic mass is 16.5. The maximum Gasteiger partial charge on any atom is 0.251 e. The number of rotatable bonds is 12. The molecule has 0 radical (unpaired) electrons. The van der Waals surface area contributed by atoms with Crippen molar-refractivity contribution < 1.29 is 23.8 Å². The fourth-order valence-electron chi connectivity index (χ4n) is 2.99. The summed E-state index contributed by atoms with van der Waals surface area (Å²) in [6.07, 6.45) is 3.26. The van der Waals surface area contributed by atoms with Gasteiger partial charge in [0.25, 0.3) is 5.91 Å². The van der Waals surface area contributed by atoms with Crippen LogP contribution in [0.15, 0.2) is 42.5 Å². The van der Waals surface area contributed by atoms with E-state index >= 15 is 0 Å². The van der Waals surface area contributed by atoms with Crippen LogP contribution in [0.3, 0.4) is 0 Å². The monoisotopic (exact) mass is 428 g/mol. The van der Waals surface area contributed by atoms with Crippen molar-refractivity contribution in [1.29, 1.82) is 0 Å². The van der Waals surface area contributed by atoms with Crippen molar-refractivity contribution in [1.82, 2.24) is 10.6 Å². The average Bonchev–Trinajstić information content (AvgIpc) is 2.80. The zero-order valence-corrected chi connectivity index (χ0v) is 18.7. The van der Waals surface area contributed by atoms with Crippen molar-refractivity contribution in [2.75, 3.05) is 27.4 Å². The van der Waals surface area contributed by atoms with Gasteiger partial charge in [0.05, 0.1) is 33.4 Å². The van der Waals surface area contributed by atoms with Crippen molar-refractivity contribution in [3.05, 3.63) is 53.6 Å². The lowest BCUT2D eigenvalue weighted by molar-refractivity contribution is -0.120. The Morgan fingerprint density at radius 2 is 1.71 bits per heavy atom. The minimum Gasteiger partial charge on any atom is -0.497 e. The van der Waals surface area contributed by atoms with E-state index in [0.29, 0.717) is 29.4 Å². The predicted octanol–water partition coefficient (Wildman–Crippen LogP) is 3.88. The van der Waals surface area contributed by atoms with E-state index in [0.717, 1.165) is 24.8 Å². The van der Waals surface area contributed by atoms with Crippen molar-refractivity contribution in [2.24, 2.45) is 0 Å². The zero-order chi connectivity index (χ0) is 22.6. The third kappa shape index (κ3) is 7.51. The Balaban J connectivity index is 1.87.